The zero-order chi connectivity index (χ0) is 17.0. The maximum Gasteiger partial charge on any atom is 0.387 e. The molecule has 122 valence electrons. The standard InChI is InChI=1S/C16H14ClF2NO3/c1-9-7-11(17)4-5-12(9)20-15(21)10-3-6-13(23-16(18)19)14(8-10)22-2/h3-8,16H,1-2H3,(H,20,21). The molecule has 0 aliphatic carbocycles. The number of aryl methyl sites for hydroxylation is 1. The molecule has 2 rings (SSSR count). The fourth-order valence-corrected chi connectivity index (χ4v) is 2.19. The Balaban J connectivity index is 2.22. The van der Waals surface area contributed by atoms with Crippen molar-refractivity contribution < 1.29 is 23.0 Å². The van der Waals surface area contributed by atoms with E-state index < -0.39 is 12.5 Å². The van der Waals surface area contributed by atoms with Gasteiger partial charge in [-0.1, -0.05) is 11.6 Å². The third-order valence-corrected chi connectivity index (χ3v) is 3.31. The number of hydrogen-bond donors (Lipinski definition) is 1. The Hall–Kier alpha value is -2.34. The lowest BCUT2D eigenvalue weighted by molar-refractivity contribution is -0.0512. The molecule has 0 bridgehead atoms. The first-order valence-corrected chi connectivity index (χ1v) is 6.99. The highest BCUT2D eigenvalue weighted by Crippen LogP contribution is 2.30. The van der Waals surface area contributed by atoms with E-state index in [4.69, 9.17) is 16.3 Å². The fourth-order valence-electron chi connectivity index (χ4n) is 1.96. The van der Waals surface area contributed by atoms with E-state index in [1.165, 1.54) is 25.3 Å². The van der Waals surface area contributed by atoms with Gasteiger partial charge in [-0.05, 0) is 48.9 Å². The first-order chi connectivity index (χ1) is 10.9. The van der Waals surface area contributed by atoms with E-state index in [2.05, 4.69) is 10.1 Å². The van der Waals surface area contributed by atoms with Gasteiger partial charge in [-0.3, -0.25) is 4.79 Å². The largest absolute Gasteiger partial charge is 0.493 e. The monoisotopic (exact) mass is 341 g/mol. The molecule has 0 unspecified atom stereocenters. The molecule has 4 nitrogen and oxygen atoms in total. The average molecular weight is 342 g/mol. The molecule has 0 saturated heterocycles. The summed E-state index contributed by atoms with van der Waals surface area (Å²) in [6, 6.07) is 9.02. The number of carbonyl (C=O) groups excluding carboxylic acids is 1. The van der Waals surface area contributed by atoms with Crippen molar-refractivity contribution in [3.05, 3.63) is 52.5 Å². The van der Waals surface area contributed by atoms with Crippen molar-refractivity contribution in [1.29, 1.82) is 0 Å². The Morgan fingerprint density at radius 2 is 1.91 bits per heavy atom. The minimum atomic E-state index is -2.97. The minimum absolute atomic E-state index is 0.0470. The van der Waals surface area contributed by atoms with Gasteiger partial charge in [-0.2, -0.15) is 8.78 Å². The van der Waals surface area contributed by atoms with E-state index in [1.54, 1.807) is 18.2 Å². The number of carbonyl (C=O) groups is 1. The van der Waals surface area contributed by atoms with Crippen molar-refractivity contribution in [3.63, 3.8) is 0 Å². The molecule has 2 aromatic carbocycles. The highest BCUT2D eigenvalue weighted by atomic mass is 35.5. The van der Waals surface area contributed by atoms with Crippen LogP contribution in [0.1, 0.15) is 15.9 Å². The highest BCUT2D eigenvalue weighted by Gasteiger charge is 2.15. The van der Waals surface area contributed by atoms with Gasteiger partial charge in [0.15, 0.2) is 11.5 Å². The molecule has 1 N–H and O–H groups in total. The van der Waals surface area contributed by atoms with Gasteiger partial charge in [0, 0.05) is 16.3 Å². The predicted molar refractivity (Wildman–Crippen MR) is 83.8 cm³/mol. The van der Waals surface area contributed by atoms with Gasteiger partial charge in [0.1, 0.15) is 0 Å². The number of hydrogen-bond acceptors (Lipinski definition) is 3. The molecule has 0 aromatic heterocycles. The van der Waals surface area contributed by atoms with Crippen LogP contribution < -0.4 is 14.8 Å². The predicted octanol–water partition coefficient (Wildman–Crippen LogP) is 4.51. The molecule has 0 spiro atoms. The Kier molecular flexibility index (Phi) is 5.39. The third-order valence-electron chi connectivity index (χ3n) is 3.08. The number of nitrogens with one attached hydrogen (secondary N) is 1. The van der Waals surface area contributed by atoms with Crippen molar-refractivity contribution in [3.8, 4) is 11.5 Å². The first-order valence-electron chi connectivity index (χ1n) is 6.61. The number of halogens is 3. The molecule has 7 heteroatoms. The van der Waals surface area contributed by atoms with Gasteiger partial charge in [-0.25, -0.2) is 0 Å². The summed E-state index contributed by atoms with van der Waals surface area (Å²) in [6.45, 7) is -1.16. The molecule has 23 heavy (non-hydrogen) atoms. The Morgan fingerprint density at radius 1 is 1.17 bits per heavy atom. The van der Waals surface area contributed by atoms with Crippen LogP contribution in [0.2, 0.25) is 5.02 Å². The summed E-state index contributed by atoms with van der Waals surface area (Å²) in [5.41, 5.74) is 1.65. The molecule has 1 amide bonds. The van der Waals surface area contributed by atoms with E-state index in [-0.39, 0.29) is 17.1 Å². The number of rotatable bonds is 5. The lowest BCUT2D eigenvalue weighted by atomic mass is 10.1. The second-order valence-electron chi connectivity index (χ2n) is 4.66. The second-order valence-corrected chi connectivity index (χ2v) is 5.09. The van der Waals surface area contributed by atoms with Crippen molar-refractivity contribution in [2.75, 3.05) is 12.4 Å². The van der Waals surface area contributed by atoms with Crippen LogP contribution in [-0.2, 0) is 0 Å². The van der Waals surface area contributed by atoms with Crippen LogP contribution in [0.4, 0.5) is 14.5 Å². The highest BCUT2D eigenvalue weighted by molar-refractivity contribution is 6.30. The van der Waals surface area contributed by atoms with E-state index in [0.717, 1.165) is 5.56 Å². The molecule has 2 aromatic rings. The summed E-state index contributed by atoms with van der Waals surface area (Å²) in [4.78, 5) is 12.3. The van der Waals surface area contributed by atoms with Crippen molar-refractivity contribution in [2.45, 2.75) is 13.5 Å². The number of methoxy groups -OCH3 is 1. The van der Waals surface area contributed by atoms with Gasteiger partial charge in [0.25, 0.3) is 5.91 Å². The minimum Gasteiger partial charge on any atom is -0.493 e. The number of benzene rings is 2. The second kappa shape index (κ2) is 7.28. The Bertz CT molecular complexity index is 722. The van der Waals surface area contributed by atoms with Crippen molar-refractivity contribution in [2.24, 2.45) is 0 Å². The number of ether oxygens (including phenoxy) is 2. The zero-order valence-corrected chi connectivity index (χ0v) is 13.2. The van der Waals surface area contributed by atoms with E-state index in [9.17, 15) is 13.6 Å². The number of alkyl halides is 2. The summed E-state index contributed by atoms with van der Waals surface area (Å²) in [5, 5.41) is 3.29. The molecule has 0 aliphatic rings. The molecular weight excluding hydrogens is 328 g/mol. The van der Waals surface area contributed by atoms with E-state index in [0.29, 0.717) is 10.7 Å². The SMILES string of the molecule is COc1cc(C(=O)Nc2ccc(Cl)cc2C)ccc1OC(F)F. The van der Waals surface area contributed by atoms with Gasteiger partial charge in [0.05, 0.1) is 7.11 Å². The summed E-state index contributed by atoms with van der Waals surface area (Å²) >= 11 is 5.86. The molecular formula is C16H14ClF2NO3. The van der Waals surface area contributed by atoms with Crippen LogP contribution >= 0.6 is 11.6 Å². The van der Waals surface area contributed by atoms with E-state index in [1.807, 2.05) is 6.92 Å². The van der Waals surface area contributed by atoms with Crippen molar-refractivity contribution in [1.82, 2.24) is 0 Å². The van der Waals surface area contributed by atoms with Gasteiger partial charge in [0.2, 0.25) is 0 Å². The van der Waals surface area contributed by atoms with Crippen LogP contribution in [0.15, 0.2) is 36.4 Å². The molecule has 0 radical (unpaired) electrons. The van der Waals surface area contributed by atoms with Gasteiger partial charge >= 0.3 is 6.61 Å². The molecule has 0 saturated carbocycles. The number of anilines is 1. The van der Waals surface area contributed by atoms with Crippen LogP contribution in [0.3, 0.4) is 0 Å². The van der Waals surface area contributed by atoms with Crippen LogP contribution in [-0.4, -0.2) is 19.6 Å². The summed E-state index contributed by atoms with van der Waals surface area (Å²) in [5.74, 6) is -0.496. The first kappa shape index (κ1) is 17.0. The third kappa shape index (κ3) is 4.32. The van der Waals surface area contributed by atoms with Crippen LogP contribution in [0, 0.1) is 6.92 Å². The van der Waals surface area contributed by atoms with Crippen LogP contribution in [0.25, 0.3) is 0 Å². The molecule has 0 aliphatic heterocycles. The maximum absolute atomic E-state index is 12.3. The van der Waals surface area contributed by atoms with Crippen LogP contribution in [0.5, 0.6) is 11.5 Å². The lowest BCUT2D eigenvalue weighted by Gasteiger charge is -2.12. The lowest BCUT2D eigenvalue weighted by Crippen LogP contribution is -2.13. The Labute approximate surface area is 137 Å². The Morgan fingerprint density at radius 3 is 2.52 bits per heavy atom. The summed E-state index contributed by atoms with van der Waals surface area (Å²) < 4.78 is 33.9. The zero-order valence-electron chi connectivity index (χ0n) is 12.4. The normalized spacial score (nSPS) is 10.5. The summed E-state index contributed by atoms with van der Waals surface area (Å²) in [7, 11) is 1.30. The average Bonchev–Trinajstić information content (AvgIpc) is 2.49. The molecule has 0 heterocycles. The van der Waals surface area contributed by atoms with Gasteiger partial charge in [-0.15, -0.1) is 0 Å². The smallest absolute Gasteiger partial charge is 0.387 e. The molecule has 0 fully saturated rings. The van der Waals surface area contributed by atoms with Crippen molar-refractivity contribution >= 4 is 23.2 Å². The quantitative estimate of drug-likeness (QED) is 0.870. The van der Waals surface area contributed by atoms with E-state index >= 15 is 0 Å². The fraction of sp³-hybridized carbons (Fsp3) is 0.188. The topological polar surface area (TPSA) is 47.6 Å². The van der Waals surface area contributed by atoms with Gasteiger partial charge < -0.3 is 14.8 Å². The summed E-state index contributed by atoms with van der Waals surface area (Å²) in [6.07, 6.45) is 0. The number of amides is 1. The molecule has 0 atom stereocenters. The maximum atomic E-state index is 12.3.